The van der Waals surface area contributed by atoms with Crippen LogP contribution >= 0.6 is 0 Å². The van der Waals surface area contributed by atoms with Crippen molar-refractivity contribution in [3.05, 3.63) is 5.73 Å². The quantitative estimate of drug-likeness (QED) is 0.609. The Hall–Kier alpha value is -1.99. The summed E-state index contributed by atoms with van der Waals surface area (Å²) in [5.41, 5.74) is 6.98. The van der Waals surface area contributed by atoms with Crippen LogP contribution in [0.3, 0.4) is 0 Å². The highest BCUT2D eigenvalue weighted by Gasteiger charge is 2.49. The van der Waals surface area contributed by atoms with Crippen LogP contribution in [0.5, 0.6) is 0 Å². The maximum atomic E-state index is 13.2. The third kappa shape index (κ3) is 6.29. The summed E-state index contributed by atoms with van der Waals surface area (Å²) < 4.78 is 26.4. The molecule has 0 aromatic carbocycles. The van der Waals surface area contributed by atoms with E-state index in [2.05, 4.69) is 10.2 Å². The number of rotatable bonds is 7. The van der Waals surface area contributed by atoms with Gasteiger partial charge in [-0.25, -0.2) is 13.6 Å². The third-order valence-electron chi connectivity index (χ3n) is 7.00. The number of carbonyl (C=O) groups excluding carboxylic acids is 1. The van der Waals surface area contributed by atoms with E-state index < -0.39 is 35.9 Å². The minimum absolute atomic E-state index is 0.309. The molecular formula is C22H34F2N5O3-. The summed E-state index contributed by atoms with van der Waals surface area (Å²) in [6, 6.07) is 1.29. The molecule has 180 valence electrons. The average Bonchev–Trinajstić information content (AvgIpc) is 3.62. The predicted octanol–water partition coefficient (Wildman–Crippen LogP) is 3.63. The fourth-order valence-electron chi connectivity index (χ4n) is 4.57. The molecule has 2 saturated heterocycles. The minimum atomic E-state index is -2.98. The lowest BCUT2D eigenvalue weighted by Gasteiger charge is -2.54. The lowest BCUT2D eigenvalue weighted by atomic mass is 9.72. The summed E-state index contributed by atoms with van der Waals surface area (Å²) in [4.78, 5) is 26.4. The van der Waals surface area contributed by atoms with Crippen molar-refractivity contribution in [3.63, 3.8) is 0 Å². The summed E-state index contributed by atoms with van der Waals surface area (Å²) in [7, 11) is 0. The van der Waals surface area contributed by atoms with Crippen molar-refractivity contribution in [2.75, 3.05) is 26.2 Å². The lowest BCUT2D eigenvalue weighted by molar-refractivity contribution is -0.124. The van der Waals surface area contributed by atoms with Gasteiger partial charge in [0.25, 0.3) is 0 Å². The van der Waals surface area contributed by atoms with E-state index in [1.54, 1.807) is 11.8 Å². The number of nitrogens with zero attached hydrogens (tertiary/aromatic N) is 3. The molecule has 1 atom stereocenters. The zero-order chi connectivity index (χ0) is 23.6. The van der Waals surface area contributed by atoms with Crippen LogP contribution in [0.1, 0.15) is 64.7 Å². The Balaban J connectivity index is 0.000000181. The maximum absolute atomic E-state index is 13.2. The molecule has 2 amide bonds. The summed E-state index contributed by atoms with van der Waals surface area (Å²) in [5.74, 6) is -3.76. The molecule has 0 unspecified atom stereocenters. The van der Waals surface area contributed by atoms with Crippen molar-refractivity contribution in [3.8, 4) is 6.07 Å². The van der Waals surface area contributed by atoms with Crippen molar-refractivity contribution >= 4 is 12.0 Å². The molecule has 1 spiro atoms. The fourth-order valence-corrected chi connectivity index (χ4v) is 4.57. The molecule has 10 heteroatoms. The second-order valence-electron chi connectivity index (χ2n) is 9.95. The molecule has 0 bridgehead atoms. The number of hydrogen-bond acceptors (Lipinski definition) is 4. The maximum Gasteiger partial charge on any atom is 0.407 e. The first-order chi connectivity index (χ1) is 15.0. The van der Waals surface area contributed by atoms with Crippen LogP contribution in [0.15, 0.2) is 0 Å². The van der Waals surface area contributed by atoms with Gasteiger partial charge in [-0.1, -0.05) is 19.4 Å². The van der Waals surface area contributed by atoms with Crippen LogP contribution in [0.2, 0.25) is 0 Å². The van der Waals surface area contributed by atoms with Gasteiger partial charge < -0.3 is 21.1 Å². The van der Waals surface area contributed by atoms with Gasteiger partial charge in [0.05, 0.1) is 6.07 Å². The fraction of sp³-hybridized carbons (Fsp3) is 0.864. The molecule has 2 aliphatic carbocycles. The molecule has 2 saturated carbocycles. The number of hydrogen-bond donors (Lipinski definition) is 2. The van der Waals surface area contributed by atoms with Gasteiger partial charge >= 0.3 is 6.09 Å². The summed E-state index contributed by atoms with van der Waals surface area (Å²) in [6.45, 7) is 5.57. The Bertz CT molecular complexity index is 732. The average molecular weight is 455 g/mol. The monoisotopic (exact) mass is 454 g/mol. The largest absolute Gasteiger partial charge is 0.667 e. The number of piperidine rings is 1. The number of alkyl halides is 2. The van der Waals surface area contributed by atoms with E-state index in [9.17, 15) is 18.4 Å². The summed E-state index contributed by atoms with van der Waals surface area (Å²) >= 11 is 0. The van der Waals surface area contributed by atoms with Crippen LogP contribution in [0.4, 0.5) is 13.6 Å². The number of likely N-dealkylation sites (tertiary alicyclic amines) is 2. The molecule has 0 aromatic rings. The van der Waals surface area contributed by atoms with Gasteiger partial charge in [0.2, 0.25) is 11.8 Å². The highest BCUT2D eigenvalue weighted by Crippen LogP contribution is 2.45. The van der Waals surface area contributed by atoms with Crippen molar-refractivity contribution in [2.24, 2.45) is 5.41 Å². The number of nitrogens with one attached hydrogen (secondary N) is 2. The molecule has 4 aliphatic rings. The number of amides is 2. The van der Waals surface area contributed by atoms with Crippen LogP contribution in [-0.2, 0) is 4.79 Å². The van der Waals surface area contributed by atoms with E-state index in [0.717, 1.165) is 32.0 Å². The van der Waals surface area contributed by atoms with Crippen molar-refractivity contribution in [1.29, 1.82) is 5.26 Å². The van der Waals surface area contributed by atoms with Gasteiger partial charge in [-0.05, 0) is 43.9 Å². The Morgan fingerprint density at radius 1 is 1.25 bits per heavy atom. The molecule has 0 aromatic heterocycles. The molecule has 4 rings (SSSR count). The van der Waals surface area contributed by atoms with Crippen LogP contribution < -0.4 is 5.32 Å². The molecule has 3 N–H and O–H groups in total. The molecule has 4 fully saturated rings. The summed E-state index contributed by atoms with van der Waals surface area (Å²) in [6.07, 6.45) is 4.44. The van der Waals surface area contributed by atoms with E-state index in [0.29, 0.717) is 24.7 Å². The van der Waals surface area contributed by atoms with E-state index in [1.807, 2.05) is 6.07 Å². The normalized spacial score (nSPS) is 24.4. The molecule has 2 aliphatic heterocycles. The van der Waals surface area contributed by atoms with E-state index in [-0.39, 0.29) is 6.42 Å². The smallest absolute Gasteiger partial charge is 0.407 e. The first kappa shape index (κ1) is 24.6. The van der Waals surface area contributed by atoms with Gasteiger partial charge in [-0.3, -0.25) is 9.69 Å². The standard InChI is InChI=1S/C11H16F2N3O.C11H18N2O2/c1-2-3-11(12,13)6-8(15)9(17)16-10(7-14)4-5-10;14-10(15)12-5-3-11(4-6-12)7-13(8-11)9-1-2-9/h8,15H,2-6H2,1H3,(H,16,17);9H,1-8H2,(H,14,15)/q-1;/t8-;/m0./s1. The van der Waals surface area contributed by atoms with Gasteiger partial charge in [-0.2, -0.15) is 5.26 Å². The van der Waals surface area contributed by atoms with E-state index >= 15 is 0 Å². The van der Waals surface area contributed by atoms with Crippen LogP contribution in [0.25, 0.3) is 5.73 Å². The molecular weight excluding hydrogens is 420 g/mol. The predicted molar refractivity (Wildman–Crippen MR) is 114 cm³/mol. The second kappa shape index (κ2) is 9.48. The molecule has 0 radical (unpaired) electrons. The molecule has 2 heterocycles. The second-order valence-corrected chi connectivity index (χ2v) is 9.95. The minimum Gasteiger partial charge on any atom is -0.667 e. The Morgan fingerprint density at radius 3 is 2.28 bits per heavy atom. The van der Waals surface area contributed by atoms with Crippen molar-refractivity contribution in [1.82, 2.24) is 15.1 Å². The number of nitriles is 1. The topological polar surface area (TPSA) is 120 Å². The van der Waals surface area contributed by atoms with Crippen molar-refractivity contribution < 1.29 is 23.5 Å². The van der Waals surface area contributed by atoms with Gasteiger partial charge in [0.1, 0.15) is 5.54 Å². The Kier molecular flexibility index (Phi) is 7.30. The number of carboxylic acid groups (broad SMARTS) is 1. The first-order valence-corrected chi connectivity index (χ1v) is 11.6. The SMILES string of the molecule is CCCC(F)(F)C[C@H]([NH-])C(=O)NC1(C#N)CC1.O=C(O)N1CCC2(CC1)CN(C1CC1)C2. The highest BCUT2D eigenvalue weighted by molar-refractivity contribution is 5.84. The van der Waals surface area contributed by atoms with E-state index in [4.69, 9.17) is 16.1 Å². The highest BCUT2D eigenvalue weighted by atomic mass is 19.3. The third-order valence-corrected chi connectivity index (χ3v) is 7.00. The molecule has 32 heavy (non-hydrogen) atoms. The lowest BCUT2D eigenvalue weighted by Crippen LogP contribution is -2.61. The van der Waals surface area contributed by atoms with E-state index in [1.165, 1.54) is 25.9 Å². The van der Waals surface area contributed by atoms with Crippen molar-refractivity contribution in [2.45, 2.75) is 88.3 Å². The Morgan fingerprint density at radius 2 is 1.84 bits per heavy atom. The van der Waals surface area contributed by atoms with Gasteiger partial charge in [-0.15, -0.1) is 0 Å². The zero-order valence-corrected chi connectivity index (χ0v) is 18.7. The van der Waals surface area contributed by atoms with Gasteiger partial charge in [0, 0.05) is 45.1 Å². The van der Waals surface area contributed by atoms with Crippen LogP contribution in [-0.4, -0.2) is 76.6 Å². The molecule has 8 nitrogen and oxygen atoms in total. The summed E-state index contributed by atoms with van der Waals surface area (Å²) in [5, 5.41) is 20.0. The van der Waals surface area contributed by atoms with Crippen LogP contribution in [0, 0.1) is 16.7 Å². The number of halogens is 2. The zero-order valence-electron chi connectivity index (χ0n) is 18.7. The Labute approximate surface area is 188 Å². The van der Waals surface area contributed by atoms with Gasteiger partial charge in [0.15, 0.2) is 0 Å². The first-order valence-electron chi connectivity index (χ1n) is 11.6. The number of carbonyl (C=O) groups is 2.